The minimum Gasteiger partial charge on any atom is -0.343 e. The Bertz CT molecular complexity index is 1450. The number of aryl methyl sites for hydroxylation is 1. The van der Waals surface area contributed by atoms with Crippen molar-refractivity contribution in [2.75, 3.05) is 5.32 Å². The van der Waals surface area contributed by atoms with Crippen LogP contribution in [0, 0.1) is 26.6 Å². The molecule has 0 radical (unpaired) electrons. The van der Waals surface area contributed by atoms with Crippen molar-refractivity contribution in [3.63, 3.8) is 0 Å². The number of anilines is 1. The number of rotatable bonds is 7. The fourth-order valence-corrected chi connectivity index (χ4v) is 4.79. The summed E-state index contributed by atoms with van der Waals surface area (Å²) < 4.78 is 15.2. The Labute approximate surface area is 210 Å². The Hall–Kier alpha value is -3.87. The van der Waals surface area contributed by atoms with Crippen LogP contribution in [0.2, 0.25) is 0 Å². The zero-order valence-corrected chi connectivity index (χ0v) is 21.5. The van der Waals surface area contributed by atoms with E-state index < -0.39 is 22.9 Å². The van der Waals surface area contributed by atoms with Crippen LogP contribution in [0.5, 0.6) is 0 Å². The molecule has 7 heteroatoms. The van der Waals surface area contributed by atoms with Gasteiger partial charge in [-0.3, -0.25) is 19.4 Å². The number of aliphatic imine (C=N–C) groups is 1. The van der Waals surface area contributed by atoms with Crippen LogP contribution < -0.4 is 5.32 Å². The van der Waals surface area contributed by atoms with E-state index in [1.807, 2.05) is 38.3 Å². The first-order chi connectivity index (χ1) is 16.9. The molecule has 0 unspecified atom stereocenters. The van der Waals surface area contributed by atoms with Gasteiger partial charge in [-0.05, 0) is 72.7 Å². The van der Waals surface area contributed by atoms with E-state index in [0.29, 0.717) is 22.5 Å². The first kappa shape index (κ1) is 25.2. The summed E-state index contributed by atoms with van der Waals surface area (Å²) in [6.45, 7) is 8.88. The quantitative estimate of drug-likeness (QED) is 0.342. The highest BCUT2D eigenvalue weighted by atomic mass is 19.1. The molecule has 1 aromatic heterocycles. The summed E-state index contributed by atoms with van der Waals surface area (Å²) in [5.41, 5.74) is 4.78. The van der Waals surface area contributed by atoms with E-state index in [9.17, 15) is 18.8 Å². The lowest BCUT2D eigenvalue weighted by molar-refractivity contribution is -0.116. The smallest absolute Gasteiger partial charge is 0.272 e. The zero-order valence-electron chi connectivity index (χ0n) is 21.5. The summed E-state index contributed by atoms with van der Waals surface area (Å²) in [6.07, 6.45) is 2.69. The Kier molecular flexibility index (Phi) is 6.52. The molecule has 1 aliphatic heterocycles. The zero-order chi connectivity index (χ0) is 26.4. The van der Waals surface area contributed by atoms with Crippen molar-refractivity contribution in [2.24, 2.45) is 12.0 Å². The number of ketones is 2. The summed E-state index contributed by atoms with van der Waals surface area (Å²) in [7, 11) is 1.68. The lowest BCUT2D eigenvalue weighted by atomic mass is 9.78. The Morgan fingerprint density at radius 2 is 1.81 bits per heavy atom. The average Bonchev–Trinajstić information content (AvgIpc) is 3.37. The van der Waals surface area contributed by atoms with Gasteiger partial charge in [0.15, 0.2) is 0 Å². The second kappa shape index (κ2) is 9.30. The van der Waals surface area contributed by atoms with Gasteiger partial charge in [0, 0.05) is 37.5 Å². The van der Waals surface area contributed by atoms with Crippen LogP contribution >= 0.6 is 0 Å². The molecule has 186 valence electrons. The molecule has 0 aliphatic carbocycles. The van der Waals surface area contributed by atoms with Gasteiger partial charge in [-0.15, -0.1) is 0 Å². The predicted molar refractivity (Wildman–Crippen MR) is 139 cm³/mol. The number of nitrogens with one attached hydrogen (secondary N) is 1. The summed E-state index contributed by atoms with van der Waals surface area (Å²) in [5.74, 6) is -1.91. The standard InChI is InChI=1S/C29H30FN3O3/c1-16-13-21(9-10-22(16)30)32-28(36)26-17(2)25(18(3)33(26)6)27(35)24(34)15-29(4,5)20-8-7-19-11-12-31-23(19)14-20/h7-10,12-14H,11,15H2,1-6H3,(H,32,36). The number of carbonyl (C=O) groups is 3. The van der Waals surface area contributed by atoms with Gasteiger partial charge in [0.05, 0.1) is 11.3 Å². The van der Waals surface area contributed by atoms with Gasteiger partial charge in [0.1, 0.15) is 11.5 Å². The Morgan fingerprint density at radius 1 is 1.08 bits per heavy atom. The number of hydrogen-bond acceptors (Lipinski definition) is 4. The van der Waals surface area contributed by atoms with E-state index in [1.54, 1.807) is 38.5 Å². The van der Waals surface area contributed by atoms with E-state index in [-0.39, 0.29) is 23.5 Å². The lowest BCUT2D eigenvalue weighted by Crippen LogP contribution is -2.27. The Morgan fingerprint density at radius 3 is 2.50 bits per heavy atom. The highest BCUT2D eigenvalue weighted by Crippen LogP contribution is 2.34. The van der Waals surface area contributed by atoms with Crippen molar-refractivity contribution >= 4 is 35.1 Å². The normalized spacial score (nSPS) is 12.5. The van der Waals surface area contributed by atoms with Crippen molar-refractivity contribution in [1.29, 1.82) is 0 Å². The highest BCUT2D eigenvalue weighted by Gasteiger charge is 2.33. The van der Waals surface area contributed by atoms with Gasteiger partial charge in [-0.2, -0.15) is 0 Å². The first-order valence-electron chi connectivity index (χ1n) is 11.9. The molecule has 0 saturated heterocycles. The van der Waals surface area contributed by atoms with Crippen LogP contribution in [0.4, 0.5) is 15.8 Å². The lowest BCUT2D eigenvalue weighted by Gasteiger charge is -2.24. The fourth-order valence-electron chi connectivity index (χ4n) is 4.79. The molecule has 6 nitrogen and oxygen atoms in total. The number of Topliss-reactive ketones (excluding diaryl/α,β-unsaturated/α-hetero) is 2. The number of hydrogen-bond donors (Lipinski definition) is 1. The fraction of sp³-hybridized carbons (Fsp3) is 0.310. The number of aromatic nitrogens is 1. The maximum atomic E-state index is 13.6. The van der Waals surface area contributed by atoms with Crippen molar-refractivity contribution in [3.8, 4) is 0 Å². The van der Waals surface area contributed by atoms with Gasteiger partial charge in [0.2, 0.25) is 11.6 Å². The van der Waals surface area contributed by atoms with Crippen LogP contribution in [-0.4, -0.2) is 28.3 Å². The van der Waals surface area contributed by atoms with E-state index in [0.717, 1.165) is 23.2 Å². The molecule has 1 amide bonds. The first-order valence-corrected chi connectivity index (χ1v) is 11.9. The molecule has 0 saturated carbocycles. The number of halogens is 1. The molecule has 0 spiro atoms. The summed E-state index contributed by atoms with van der Waals surface area (Å²) >= 11 is 0. The Balaban J connectivity index is 1.57. The second-order valence-corrected chi connectivity index (χ2v) is 10.1. The average molecular weight is 488 g/mol. The summed E-state index contributed by atoms with van der Waals surface area (Å²) in [4.78, 5) is 44.0. The third kappa shape index (κ3) is 4.53. The summed E-state index contributed by atoms with van der Waals surface area (Å²) in [6, 6.07) is 10.3. The molecule has 1 N–H and O–H groups in total. The van der Waals surface area contributed by atoms with E-state index in [2.05, 4.69) is 10.3 Å². The van der Waals surface area contributed by atoms with Gasteiger partial charge >= 0.3 is 0 Å². The number of carbonyl (C=O) groups excluding carboxylic acids is 3. The third-order valence-corrected chi connectivity index (χ3v) is 7.05. The molecule has 36 heavy (non-hydrogen) atoms. The number of amides is 1. The SMILES string of the molecule is Cc1cc(NC(=O)c2c(C)c(C(=O)C(=O)CC(C)(C)c3ccc4c(c3)N=CC4)c(C)n2C)ccc1F. The summed E-state index contributed by atoms with van der Waals surface area (Å²) in [5, 5.41) is 2.76. The van der Waals surface area contributed by atoms with Gasteiger partial charge in [-0.25, -0.2) is 4.39 Å². The minimum absolute atomic E-state index is 0.0263. The molecule has 3 aromatic rings. The number of benzene rings is 2. The molecule has 2 heterocycles. The third-order valence-electron chi connectivity index (χ3n) is 7.05. The molecule has 0 atom stereocenters. The van der Waals surface area contributed by atoms with Gasteiger partial charge < -0.3 is 9.88 Å². The monoisotopic (exact) mass is 487 g/mol. The topological polar surface area (TPSA) is 80.5 Å². The van der Waals surface area contributed by atoms with Gasteiger partial charge in [-0.1, -0.05) is 26.0 Å². The van der Waals surface area contributed by atoms with E-state index >= 15 is 0 Å². The van der Waals surface area contributed by atoms with Crippen molar-refractivity contribution in [2.45, 2.75) is 52.9 Å². The van der Waals surface area contributed by atoms with Crippen LogP contribution in [0.25, 0.3) is 0 Å². The van der Waals surface area contributed by atoms with Crippen molar-refractivity contribution < 1.29 is 18.8 Å². The van der Waals surface area contributed by atoms with Gasteiger partial charge in [0.25, 0.3) is 5.91 Å². The molecule has 2 aromatic carbocycles. The highest BCUT2D eigenvalue weighted by molar-refractivity contribution is 6.44. The maximum Gasteiger partial charge on any atom is 0.272 e. The van der Waals surface area contributed by atoms with Crippen molar-refractivity contribution in [1.82, 2.24) is 4.57 Å². The van der Waals surface area contributed by atoms with Crippen LogP contribution in [0.15, 0.2) is 41.4 Å². The minimum atomic E-state index is -0.607. The van der Waals surface area contributed by atoms with E-state index in [1.165, 1.54) is 12.1 Å². The maximum absolute atomic E-state index is 13.6. The van der Waals surface area contributed by atoms with Crippen LogP contribution in [0.3, 0.4) is 0 Å². The molecule has 0 bridgehead atoms. The van der Waals surface area contributed by atoms with Crippen LogP contribution in [0.1, 0.15) is 69.1 Å². The van der Waals surface area contributed by atoms with Crippen LogP contribution in [-0.2, 0) is 23.7 Å². The number of nitrogens with zero attached hydrogens (tertiary/aromatic N) is 2. The largest absolute Gasteiger partial charge is 0.343 e. The number of fused-ring (bicyclic) bond motifs is 1. The van der Waals surface area contributed by atoms with E-state index in [4.69, 9.17) is 0 Å². The second-order valence-electron chi connectivity index (χ2n) is 10.1. The van der Waals surface area contributed by atoms with Crippen molar-refractivity contribution in [3.05, 3.63) is 81.4 Å². The molecule has 4 rings (SSSR count). The molecular weight excluding hydrogens is 457 g/mol. The molecule has 1 aliphatic rings. The predicted octanol–water partition coefficient (Wildman–Crippen LogP) is 5.72. The molecule has 0 fully saturated rings. The molecular formula is C29H30FN3O3.